The van der Waals surface area contributed by atoms with Crippen molar-refractivity contribution in [3.8, 4) is 0 Å². The maximum atomic E-state index is 12.0. The van der Waals surface area contributed by atoms with Crippen LogP contribution >= 0.6 is 0 Å². The Balaban J connectivity index is 3.09. The normalized spacial score (nSPS) is 10.7. The van der Waals surface area contributed by atoms with E-state index in [1.165, 1.54) is 27.5 Å². The molecule has 17 heavy (non-hydrogen) atoms. The minimum atomic E-state index is -0.777. The van der Waals surface area contributed by atoms with E-state index in [0.29, 0.717) is 11.0 Å². The van der Waals surface area contributed by atoms with Crippen molar-refractivity contribution < 1.29 is 4.79 Å². The highest BCUT2D eigenvalue weighted by molar-refractivity contribution is 5.95. The number of aryl methyl sites for hydroxylation is 2. The zero-order valence-corrected chi connectivity index (χ0v) is 9.43. The van der Waals surface area contributed by atoms with Gasteiger partial charge in [0.15, 0.2) is 0 Å². The van der Waals surface area contributed by atoms with Gasteiger partial charge in [-0.1, -0.05) is 0 Å². The van der Waals surface area contributed by atoms with Gasteiger partial charge in [0, 0.05) is 26.4 Å². The molecule has 0 saturated heterocycles. The third-order valence-electron chi connectivity index (χ3n) is 2.69. The molecule has 0 aromatic carbocycles. The minimum Gasteiger partial charge on any atom is -0.365 e. The molecule has 0 aliphatic rings. The number of fused-ring (bicyclic) bond motifs is 1. The van der Waals surface area contributed by atoms with Crippen LogP contribution in [0.2, 0.25) is 0 Å². The lowest BCUT2D eigenvalue weighted by molar-refractivity contribution is 0.0999. The number of pyridine rings is 2. The number of primary amides is 1. The molecular weight excluding hydrogens is 222 g/mol. The van der Waals surface area contributed by atoms with Gasteiger partial charge < -0.3 is 10.3 Å². The summed E-state index contributed by atoms with van der Waals surface area (Å²) in [5, 5.41) is 0.297. The molecule has 2 rings (SSSR count). The average Bonchev–Trinajstić information content (AvgIpc) is 2.26. The van der Waals surface area contributed by atoms with E-state index in [9.17, 15) is 14.4 Å². The van der Waals surface area contributed by atoms with Crippen LogP contribution in [0, 0.1) is 0 Å². The van der Waals surface area contributed by atoms with Gasteiger partial charge >= 0.3 is 0 Å². The topological polar surface area (TPSA) is 87.1 Å². The molecular formula is C11H11N3O3. The maximum absolute atomic E-state index is 12.0. The van der Waals surface area contributed by atoms with Gasteiger partial charge in [-0.25, -0.2) is 0 Å². The maximum Gasteiger partial charge on any atom is 0.254 e. The van der Waals surface area contributed by atoms with Crippen molar-refractivity contribution in [1.82, 2.24) is 9.13 Å². The van der Waals surface area contributed by atoms with Crippen LogP contribution in [0.5, 0.6) is 0 Å². The number of nitrogens with two attached hydrogens (primary N) is 1. The number of hydrogen-bond donors (Lipinski definition) is 1. The largest absolute Gasteiger partial charge is 0.365 e. The van der Waals surface area contributed by atoms with Crippen LogP contribution in [0.15, 0.2) is 27.9 Å². The smallest absolute Gasteiger partial charge is 0.254 e. The van der Waals surface area contributed by atoms with E-state index in [2.05, 4.69) is 0 Å². The Hall–Kier alpha value is -2.37. The monoisotopic (exact) mass is 233 g/mol. The summed E-state index contributed by atoms with van der Waals surface area (Å²) in [4.78, 5) is 34.5. The molecule has 6 nitrogen and oxygen atoms in total. The summed E-state index contributed by atoms with van der Waals surface area (Å²) in [6.07, 6.45) is 1.34. The Kier molecular flexibility index (Phi) is 2.35. The number of amides is 1. The highest BCUT2D eigenvalue weighted by Crippen LogP contribution is 2.07. The van der Waals surface area contributed by atoms with E-state index in [4.69, 9.17) is 5.73 Å². The second kappa shape index (κ2) is 3.58. The predicted molar refractivity (Wildman–Crippen MR) is 62.9 cm³/mol. The summed E-state index contributed by atoms with van der Waals surface area (Å²) < 4.78 is 2.89. The quantitative estimate of drug-likeness (QED) is 0.709. The van der Waals surface area contributed by atoms with Gasteiger partial charge in [0.2, 0.25) is 5.43 Å². The summed E-state index contributed by atoms with van der Waals surface area (Å²) in [5.41, 5.74) is 4.81. The fraction of sp³-hybridized carbons (Fsp3) is 0.182. The molecule has 2 N–H and O–H groups in total. The molecule has 2 aromatic rings. The number of carbonyl (C=O) groups excluding carboxylic acids is 1. The molecule has 0 radical (unpaired) electrons. The molecule has 0 fully saturated rings. The Morgan fingerprint density at radius 3 is 2.47 bits per heavy atom. The number of rotatable bonds is 1. The van der Waals surface area contributed by atoms with E-state index < -0.39 is 11.3 Å². The number of hydrogen-bond acceptors (Lipinski definition) is 3. The molecule has 6 heteroatoms. The Labute approximate surface area is 95.9 Å². The molecule has 0 unspecified atom stereocenters. The lowest BCUT2D eigenvalue weighted by Gasteiger charge is -2.10. The van der Waals surface area contributed by atoms with Crippen LogP contribution in [-0.2, 0) is 14.1 Å². The number of nitrogens with zero attached hydrogens (tertiary/aromatic N) is 2. The van der Waals surface area contributed by atoms with Gasteiger partial charge in [-0.2, -0.15) is 0 Å². The van der Waals surface area contributed by atoms with Crippen molar-refractivity contribution in [2.75, 3.05) is 0 Å². The lowest BCUT2D eigenvalue weighted by atomic mass is 10.2. The van der Waals surface area contributed by atoms with Gasteiger partial charge in [0.25, 0.3) is 11.5 Å². The Morgan fingerprint density at radius 1 is 1.24 bits per heavy atom. The summed E-state index contributed by atoms with van der Waals surface area (Å²) >= 11 is 0. The third-order valence-corrected chi connectivity index (χ3v) is 2.69. The Morgan fingerprint density at radius 2 is 1.88 bits per heavy atom. The van der Waals surface area contributed by atoms with Gasteiger partial charge in [0.05, 0.1) is 5.39 Å². The molecule has 0 bridgehead atoms. The van der Waals surface area contributed by atoms with Gasteiger partial charge in [-0.05, 0) is 6.07 Å². The van der Waals surface area contributed by atoms with Crippen LogP contribution in [-0.4, -0.2) is 15.0 Å². The fourth-order valence-corrected chi connectivity index (χ4v) is 1.86. The zero-order valence-electron chi connectivity index (χ0n) is 9.43. The van der Waals surface area contributed by atoms with E-state index in [0.717, 1.165) is 0 Å². The SMILES string of the molecule is Cn1cc(C(N)=O)c(=O)c2ccc(=O)n(C)c21. The highest BCUT2D eigenvalue weighted by atomic mass is 16.2. The van der Waals surface area contributed by atoms with Crippen LogP contribution in [0.4, 0.5) is 0 Å². The average molecular weight is 233 g/mol. The van der Waals surface area contributed by atoms with Crippen LogP contribution in [0.3, 0.4) is 0 Å². The first-order valence-electron chi connectivity index (χ1n) is 4.92. The van der Waals surface area contributed by atoms with Crippen molar-refractivity contribution in [2.24, 2.45) is 19.8 Å². The summed E-state index contributed by atoms with van der Waals surface area (Å²) in [6, 6.07) is 2.70. The Bertz CT molecular complexity index is 740. The summed E-state index contributed by atoms with van der Waals surface area (Å²) in [6.45, 7) is 0. The van der Waals surface area contributed by atoms with Crippen molar-refractivity contribution in [2.45, 2.75) is 0 Å². The van der Waals surface area contributed by atoms with Crippen LogP contribution < -0.4 is 16.7 Å². The summed E-state index contributed by atoms with van der Waals surface area (Å²) in [7, 11) is 3.21. The molecule has 0 aliphatic heterocycles. The highest BCUT2D eigenvalue weighted by Gasteiger charge is 2.13. The van der Waals surface area contributed by atoms with Crippen LogP contribution in [0.25, 0.3) is 11.0 Å². The number of carbonyl (C=O) groups is 1. The molecule has 1 amide bonds. The summed E-state index contributed by atoms with van der Waals surface area (Å²) in [5.74, 6) is -0.777. The van der Waals surface area contributed by atoms with E-state index in [1.54, 1.807) is 14.1 Å². The van der Waals surface area contributed by atoms with E-state index in [1.807, 2.05) is 0 Å². The zero-order chi connectivity index (χ0) is 12.7. The standard InChI is InChI=1S/C11H11N3O3/c1-13-5-7(10(12)17)9(16)6-3-4-8(15)14(2)11(6)13/h3-5H,1-2H3,(H2,12,17). The molecule has 2 aromatic heterocycles. The van der Waals surface area contributed by atoms with Gasteiger partial charge in [0.1, 0.15) is 11.2 Å². The molecule has 88 valence electrons. The van der Waals surface area contributed by atoms with E-state index >= 15 is 0 Å². The van der Waals surface area contributed by atoms with Gasteiger partial charge in [-0.3, -0.25) is 19.0 Å². The molecule has 0 atom stereocenters. The first kappa shape index (κ1) is 11.1. The van der Waals surface area contributed by atoms with Crippen molar-refractivity contribution >= 4 is 16.9 Å². The van der Waals surface area contributed by atoms with Crippen molar-refractivity contribution in [3.05, 3.63) is 44.5 Å². The second-order valence-electron chi connectivity index (χ2n) is 3.81. The first-order valence-corrected chi connectivity index (χ1v) is 4.92. The predicted octanol–water partition coefficient (Wildman–Crippen LogP) is -0.664. The fourth-order valence-electron chi connectivity index (χ4n) is 1.86. The van der Waals surface area contributed by atoms with Crippen molar-refractivity contribution in [3.63, 3.8) is 0 Å². The van der Waals surface area contributed by atoms with Crippen LogP contribution in [0.1, 0.15) is 10.4 Å². The third kappa shape index (κ3) is 1.54. The molecule has 2 heterocycles. The molecule has 0 aliphatic carbocycles. The second-order valence-corrected chi connectivity index (χ2v) is 3.81. The molecule has 0 spiro atoms. The molecule has 0 saturated carbocycles. The van der Waals surface area contributed by atoms with Crippen molar-refractivity contribution in [1.29, 1.82) is 0 Å². The van der Waals surface area contributed by atoms with Gasteiger partial charge in [-0.15, -0.1) is 0 Å². The number of aromatic nitrogens is 2. The lowest BCUT2D eigenvalue weighted by Crippen LogP contribution is -2.27. The van der Waals surface area contributed by atoms with E-state index in [-0.39, 0.29) is 11.1 Å². The first-order chi connectivity index (χ1) is 7.93. The minimum absolute atomic E-state index is 0.0846.